The molecule has 16 heavy (non-hydrogen) atoms. The van der Waals surface area contributed by atoms with Crippen molar-refractivity contribution in [1.29, 1.82) is 0 Å². The average molecular weight is 226 g/mol. The van der Waals surface area contributed by atoms with Gasteiger partial charge in [-0.25, -0.2) is 13.8 Å². The van der Waals surface area contributed by atoms with Gasteiger partial charge in [-0.3, -0.25) is 0 Å². The highest BCUT2D eigenvalue weighted by molar-refractivity contribution is 5.35. The smallest absolute Gasteiger partial charge is 0.168 e. The number of hydrogen-bond donors (Lipinski definition) is 1. The summed E-state index contributed by atoms with van der Waals surface area (Å²) in [4.78, 5) is 3.68. The maximum Gasteiger partial charge on any atom is 0.168 e. The molecule has 1 N–H and O–H groups in total. The van der Waals surface area contributed by atoms with Gasteiger partial charge in [0.2, 0.25) is 0 Å². The fraction of sp³-hybridized carbons (Fsp3) is 0.583. The molecule has 1 heterocycles. The van der Waals surface area contributed by atoms with Crippen molar-refractivity contribution in [3.05, 3.63) is 23.9 Å². The van der Waals surface area contributed by atoms with Gasteiger partial charge in [0.15, 0.2) is 11.6 Å². The first-order valence-corrected chi connectivity index (χ1v) is 5.80. The van der Waals surface area contributed by atoms with Gasteiger partial charge < -0.3 is 5.32 Å². The molecule has 0 unspecified atom stereocenters. The first-order chi connectivity index (χ1) is 7.75. The second-order valence-corrected chi connectivity index (χ2v) is 4.35. The van der Waals surface area contributed by atoms with Crippen LogP contribution in [0.15, 0.2) is 12.3 Å². The molecule has 4 heteroatoms. The molecule has 2 nitrogen and oxygen atoms in total. The van der Waals surface area contributed by atoms with Gasteiger partial charge in [0, 0.05) is 12.6 Å². The van der Waals surface area contributed by atoms with E-state index >= 15 is 0 Å². The van der Waals surface area contributed by atoms with Crippen LogP contribution in [0.3, 0.4) is 0 Å². The third-order valence-electron chi connectivity index (χ3n) is 3.13. The molecular formula is C12H16F2N2. The predicted octanol–water partition coefficient (Wildman–Crippen LogP) is 3.35. The van der Waals surface area contributed by atoms with E-state index in [2.05, 4.69) is 10.3 Å². The van der Waals surface area contributed by atoms with Crippen LogP contribution in [-0.2, 0) is 0 Å². The Bertz CT molecular complexity index is 349. The van der Waals surface area contributed by atoms with Gasteiger partial charge in [-0.05, 0) is 12.3 Å². The van der Waals surface area contributed by atoms with E-state index in [0.29, 0.717) is 6.54 Å². The highest BCUT2D eigenvalue weighted by atomic mass is 19.1. The van der Waals surface area contributed by atoms with Crippen molar-refractivity contribution in [2.45, 2.75) is 32.1 Å². The molecule has 2 rings (SSSR count). The Hall–Kier alpha value is -1.19. The average Bonchev–Trinajstić information content (AvgIpc) is 2.74. The molecule has 0 aliphatic heterocycles. The maximum absolute atomic E-state index is 13.2. The van der Waals surface area contributed by atoms with E-state index in [0.717, 1.165) is 24.6 Å². The monoisotopic (exact) mass is 226 g/mol. The molecular weight excluding hydrogens is 210 g/mol. The largest absolute Gasteiger partial charge is 0.368 e. The van der Waals surface area contributed by atoms with Crippen LogP contribution in [0, 0.1) is 17.6 Å². The van der Waals surface area contributed by atoms with E-state index in [1.807, 2.05) is 0 Å². The summed E-state index contributed by atoms with van der Waals surface area (Å²) >= 11 is 0. The molecule has 0 aromatic carbocycles. The Labute approximate surface area is 94.1 Å². The third kappa shape index (κ3) is 2.90. The highest BCUT2D eigenvalue weighted by Gasteiger charge is 2.14. The summed E-state index contributed by atoms with van der Waals surface area (Å²) in [6, 6.07) is 0.852. The van der Waals surface area contributed by atoms with Crippen LogP contribution in [-0.4, -0.2) is 11.5 Å². The summed E-state index contributed by atoms with van der Waals surface area (Å²) in [6.45, 7) is 0.709. The summed E-state index contributed by atoms with van der Waals surface area (Å²) in [5.74, 6) is -0.347. The van der Waals surface area contributed by atoms with Crippen LogP contribution in [0.4, 0.5) is 14.6 Å². The van der Waals surface area contributed by atoms with Gasteiger partial charge >= 0.3 is 0 Å². The van der Waals surface area contributed by atoms with Crippen LogP contribution in [0.1, 0.15) is 32.1 Å². The number of anilines is 1. The lowest BCUT2D eigenvalue weighted by molar-refractivity contribution is 0.516. The van der Waals surface area contributed by atoms with E-state index in [1.54, 1.807) is 0 Å². The summed E-state index contributed by atoms with van der Waals surface area (Å²) in [5, 5.41) is 2.91. The summed E-state index contributed by atoms with van der Waals surface area (Å²) < 4.78 is 25.8. The number of pyridine rings is 1. The molecule has 1 fully saturated rings. The van der Waals surface area contributed by atoms with E-state index < -0.39 is 11.6 Å². The molecule has 1 saturated carbocycles. The van der Waals surface area contributed by atoms with Crippen LogP contribution < -0.4 is 5.32 Å². The van der Waals surface area contributed by atoms with Crippen molar-refractivity contribution in [2.75, 3.05) is 11.9 Å². The molecule has 1 aromatic heterocycles. The second kappa shape index (κ2) is 5.23. The van der Waals surface area contributed by atoms with Gasteiger partial charge in [0.1, 0.15) is 5.82 Å². The third-order valence-corrected chi connectivity index (χ3v) is 3.13. The lowest BCUT2D eigenvalue weighted by Crippen LogP contribution is -2.09. The Balaban J connectivity index is 1.80. The number of hydrogen-bond acceptors (Lipinski definition) is 2. The molecule has 1 aromatic rings. The Morgan fingerprint density at radius 1 is 1.31 bits per heavy atom. The zero-order valence-corrected chi connectivity index (χ0v) is 9.18. The van der Waals surface area contributed by atoms with Crippen molar-refractivity contribution < 1.29 is 8.78 Å². The van der Waals surface area contributed by atoms with E-state index in [-0.39, 0.29) is 5.82 Å². The van der Waals surface area contributed by atoms with Crippen molar-refractivity contribution in [2.24, 2.45) is 5.92 Å². The summed E-state index contributed by atoms with van der Waals surface area (Å²) in [6.07, 6.45) is 7.25. The van der Waals surface area contributed by atoms with E-state index in [9.17, 15) is 8.78 Å². The van der Waals surface area contributed by atoms with E-state index in [1.165, 1.54) is 25.7 Å². The molecule has 0 bridgehead atoms. The molecule has 0 saturated heterocycles. The number of halogens is 2. The fourth-order valence-corrected chi connectivity index (χ4v) is 2.24. The van der Waals surface area contributed by atoms with Crippen LogP contribution in [0.5, 0.6) is 0 Å². The zero-order valence-electron chi connectivity index (χ0n) is 9.18. The van der Waals surface area contributed by atoms with Crippen LogP contribution >= 0.6 is 0 Å². The highest BCUT2D eigenvalue weighted by Crippen LogP contribution is 2.27. The molecule has 0 amide bonds. The first kappa shape index (κ1) is 11.3. The molecule has 0 atom stereocenters. The van der Waals surface area contributed by atoms with Gasteiger partial charge in [-0.1, -0.05) is 25.7 Å². The van der Waals surface area contributed by atoms with Crippen molar-refractivity contribution in [3.63, 3.8) is 0 Å². The van der Waals surface area contributed by atoms with Gasteiger partial charge in [-0.2, -0.15) is 0 Å². The van der Waals surface area contributed by atoms with Crippen molar-refractivity contribution in [1.82, 2.24) is 4.98 Å². The fourth-order valence-electron chi connectivity index (χ4n) is 2.24. The van der Waals surface area contributed by atoms with Crippen molar-refractivity contribution in [3.8, 4) is 0 Å². The van der Waals surface area contributed by atoms with Gasteiger partial charge in [0.05, 0.1) is 6.20 Å². The maximum atomic E-state index is 13.2. The summed E-state index contributed by atoms with van der Waals surface area (Å²) in [7, 11) is 0. The Morgan fingerprint density at radius 3 is 2.75 bits per heavy atom. The Morgan fingerprint density at radius 2 is 2.06 bits per heavy atom. The topological polar surface area (TPSA) is 24.9 Å². The molecule has 0 radical (unpaired) electrons. The van der Waals surface area contributed by atoms with Gasteiger partial charge in [0.25, 0.3) is 0 Å². The first-order valence-electron chi connectivity index (χ1n) is 5.80. The molecule has 0 spiro atoms. The Kier molecular flexibility index (Phi) is 3.70. The number of rotatable bonds is 4. The molecule has 88 valence electrons. The number of nitrogens with zero attached hydrogens (tertiary/aromatic N) is 1. The summed E-state index contributed by atoms with van der Waals surface area (Å²) in [5.41, 5.74) is 0. The molecule has 1 aliphatic carbocycles. The minimum absolute atomic E-state index is 0.152. The zero-order chi connectivity index (χ0) is 11.4. The number of nitrogens with one attached hydrogen (secondary N) is 1. The lowest BCUT2D eigenvalue weighted by Gasteiger charge is -2.10. The standard InChI is InChI=1S/C12H16F2N2/c13-10-7-11(14)12(16-8-10)15-6-5-9-3-1-2-4-9/h7-9H,1-6H2,(H,15,16). The van der Waals surface area contributed by atoms with Crippen LogP contribution in [0.2, 0.25) is 0 Å². The minimum Gasteiger partial charge on any atom is -0.368 e. The SMILES string of the molecule is Fc1cnc(NCCC2CCCC2)c(F)c1. The van der Waals surface area contributed by atoms with Crippen LogP contribution in [0.25, 0.3) is 0 Å². The van der Waals surface area contributed by atoms with Crippen molar-refractivity contribution >= 4 is 5.82 Å². The number of aromatic nitrogens is 1. The van der Waals surface area contributed by atoms with Gasteiger partial charge in [-0.15, -0.1) is 0 Å². The second-order valence-electron chi connectivity index (χ2n) is 4.35. The normalized spacial score (nSPS) is 16.6. The lowest BCUT2D eigenvalue weighted by atomic mass is 10.0. The van der Waals surface area contributed by atoms with E-state index in [4.69, 9.17) is 0 Å². The predicted molar refractivity (Wildman–Crippen MR) is 59.2 cm³/mol. The molecule has 1 aliphatic rings. The minimum atomic E-state index is -0.640. The quantitative estimate of drug-likeness (QED) is 0.851.